The van der Waals surface area contributed by atoms with Gasteiger partial charge in [-0.3, -0.25) is 4.79 Å². The van der Waals surface area contributed by atoms with Crippen LogP contribution >= 0.6 is 15.9 Å². The second-order valence-corrected chi connectivity index (χ2v) is 3.58. The molecule has 0 fully saturated rings. The Bertz CT molecular complexity index is 325. The largest absolute Gasteiger partial charge is 0.480 e. The average molecular weight is 244 g/mol. The molecule has 70 valence electrons. The molecule has 0 saturated heterocycles. The fourth-order valence-electron chi connectivity index (χ4n) is 0.945. The van der Waals surface area contributed by atoms with Gasteiger partial charge in [0.15, 0.2) is 0 Å². The first-order chi connectivity index (χ1) is 6.09. The minimum absolute atomic E-state index is 0.0674. The molecule has 13 heavy (non-hydrogen) atoms. The van der Waals surface area contributed by atoms with Crippen LogP contribution in [0, 0.1) is 6.92 Å². The summed E-state index contributed by atoms with van der Waals surface area (Å²) in [6.07, 6.45) is 0. The van der Waals surface area contributed by atoms with Crippen LogP contribution in [0.3, 0.4) is 0 Å². The Hall–Kier alpha value is -1.03. The SMILES string of the molecule is Cc1ccc(Br)c(NCC(=O)O)c1. The van der Waals surface area contributed by atoms with Crippen LogP contribution < -0.4 is 5.32 Å². The molecule has 1 aromatic rings. The van der Waals surface area contributed by atoms with Gasteiger partial charge < -0.3 is 10.4 Å². The summed E-state index contributed by atoms with van der Waals surface area (Å²) in [5.74, 6) is -0.867. The highest BCUT2D eigenvalue weighted by Crippen LogP contribution is 2.22. The van der Waals surface area contributed by atoms with E-state index in [1.165, 1.54) is 0 Å². The first-order valence-corrected chi connectivity index (χ1v) is 4.60. The fourth-order valence-corrected chi connectivity index (χ4v) is 1.33. The number of aliphatic carboxylic acids is 1. The van der Waals surface area contributed by atoms with Crippen molar-refractivity contribution in [2.75, 3.05) is 11.9 Å². The van der Waals surface area contributed by atoms with Crippen molar-refractivity contribution in [3.05, 3.63) is 28.2 Å². The molecular formula is C9H10BrNO2. The number of halogens is 1. The second-order valence-electron chi connectivity index (χ2n) is 2.73. The summed E-state index contributed by atoms with van der Waals surface area (Å²) < 4.78 is 0.874. The van der Waals surface area contributed by atoms with Gasteiger partial charge in [-0.05, 0) is 40.5 Å². The maximum atomic E-state index is 10.3. The van der Waals surface area contributed by atoms with Crippen molar-refractivity contribution in [1.29, 1.82) is 0 Å². The fraction of sp³-hybridized carbons (Fsp3) is 0.222. The lowest BCUT2D eigenvalue weighted by molar-refractivity contribution is -0.134. The Morgan fingerprint density at radius 2 is 2.31 bits per heavy atom. The van der Waals surface area contributed by atoms with Crippen molar-refractivity contribution in [3.63, 3.8) is 0 Å². The zero-order valence-electron chi connectivity index (χ0n) is 7.17. The molecule has 3 nitrogen and oxygen atoms in total. The highest BCUT2D eigenvalue weighted by atomic mass is 79.9. The van der Waals surface area contributed by atoms with Crippen molar-refractivity contribution >= 4 is 27.6 Å². The third-order valence-corrected chi connectivity index (χ3v) is 2.24. The van der Waals surface area contributed by atoms with E-state index in [1.54, 1.807) is 0 Å². The summed E-state index contributed by atoms with van der Waals surface area (Å²) >= 11 is 3.33. The molecule has 0 unspecified atom stereocenters. The first-order valence-electron chi connectivity index (χ1n) is 3.81. The molecule has 0 aliphatic carbocycles. The van der Waals surface area contributed by atoms with Crippen molar-refractivity contribution in [2.24, 2.45) is 0 Å². The number of carboxylic acid groups (broad SMARTS) is 1. The lowest BCUT2D eigenvalue weighted by atomic mass is 10.2. The van der Waals surface area contributed by atoms with Crippen LogP contribution in [0.5, 0.6) is 0 Å². The topological polar surface area (TPSA) is 49.3 Å². The smallest absolute Gasteiger partial charge is 0.322 e. The second kappa shape index (κ2) is 4.28. The highest BCUT2D eigenvalue weighted by Gasteiger charge is 2.01. The minimum Gasteiger partial charge on any atom is -0.480 e. The van der Waals surface area contributed by atoms with Gasteiger partial charge in [-0.2, -0.15) is 0 Å². The summed E-state index contributed by atoms with van der Waals surface area (Å²) in [5.41, 5.74) is 1.90. The quantitative estimate of drug-likeness (QED) is 0.857. The summed E-state index contributed by atoms with van der Waals surface area (Å²) in [4.78, 5) is 10.3. The molecule has 0 heterocycles. The van der Waals surface area contributed by atoms with Crippen LogP contribution in [0.1, 0.15) is 5.56 Å². The molecule has 1 aromatic carbocycles. The van der Waals surface area contributed by atoms with Crippen LogP contribution in [-0.2, 0) is 4.79 Å². The Morgan fingerprint density at radius 3 is 2.92 bits per heavy atom. The van der Waals surface area contributed by atoms with Crippen molar-refractivity contribution in [1.82, 2.24) is 0 Å². The van der Waals surface area contributed by atoms with Crippen LogP contribution in [0.2, 0.25) is 0 Å². The van der Waals surface area contributed by atoms with E-state index < -0.39 is 5.97 Å². The van der Waals surface area contributed by atoms with Gasteiger partial charge in [-0.15, -0.1) is 0 Å². The standard InChI is InChI=1S/C9H10BrNO2/c1-6-2-3-7(10)8(4-6)11-5-9(12)13/h2-4,11H,5H2,1H3,(H,12,13). The molecule has 0 radical (unpaired) electrons. The highest BCUT2D eigenvalue weighted by molar-refractivity contribution is 9.10. The third-order valence-electron chi connectivity index (χ3n) is 1.55. The van der Waals surface area contributed by atoms with E-state index in [1.807, 2.05) is 25.1 Å². The summed E-state index contributed by atoms with van der Waals surface area (Å²) in [5, 5.41) is 11.3. The van der Waals surface area contributed by atoms with Gasteiger partial charge in [0.25, 0.3) is 0 Å². The third kappa shape index (κ3) is 3.06. The molecule has 0 spiro atoms. The van der Waals surface area contributed by atoms with E-state index >= 15 is 0 Å². The van der Waals surface area contributed by atoms with Gasteiger partial charge in [0.05, 0.1) is 0 Å². The Balaban J connectivity index is 2.75. The summed E-state index contributed by atoms with van der Waals surface area (Å²) in [6, 6.07) is 5.74. The van der Waals surface area contributed by atoms with Gasteiger partial charge in [0.2, 0.25) is 0 Å². The van der Waals surface area contributed by atoms with Crippen LogP contribution in [0.15, 0.2) is 22.7 Å². The molecule has 0 bridgehead atoms. The van der Waals surface area contributed by atoms with E-state index in [4.69, 9.17) is 5.11 Å². The maximum absolute atomic E-state index is 10.3. The monoisotopic (exact) mass is 243 g/mol. The molecule has 0 atom stereocenters. The van der Waals surface area contributed by atoms with E-state index in [0.29, 0.717) is 0 Å². The molecular weight excluding hydrogens is 234 g/mol. The number of nitrogens with one attached hydrogen (secondary N) is 1. The minimum atomic E-state index is -0.867. The molecule has 4 heteroatoms. The number of benzene rings is 1. The number of carboxylic acids is 1. The lowest BCUT2D eigenvalue weighted by Crippen LogP contribution is -2.12. The van der Waals surface area contributed by atoms with Crippen LogP contribution in [-0.4, -0.2) is 17.6 Å². The molecule has 0 aliphatic heterocycles. The normalized spacial score (nSPS) is 9.69. The predicted octanol–water partition coefficient (Wildman–Crippen LogP) is 2.25. The number of anilines is 1. The van der Waals surface area contributed by atoms with Gasteiger partial charge in [0.1, 0.15) is 6.54 Å². The predicted molar refractivity (Wildman–Crippen MR) is 55.0 cm³/mol. The molecule has 1 rings (SSSR count). The number of carbonyl (C=O) groups is 1. The number of rotatable bonds is 3. The van der Waals surface area contributed by atoms with E-state index in [-0.39, 0.29) is 6.54 Å². The number of hydrogen-bond donors (Lipinski definition) is 2. The maximum Gasteiger partial charge on any atom is 0.322 e. The lowest BCUT2D eigenvalue weighted by Gasteiger charge is -2.06. The van der Waals surface area contributed by atoms with E-state index in [2.05, 4.69) is 21.2 Å². The van der Waals surface area contributed by atoms with Gasteiger partial charge >= 0.3 is 5.97 Å². The van der Waals surface area contributed by atoms with Gasteiger partial charge in [-0.1, -0.05) is 6.07 Å². The van der Waals surface area contributed by atoms with E-state index in [9.17, 15) is 4.79 Å². The summed E-state index contributed by atoms with van der Waals surface area (Å²) in [6.45, 7) is 1.89. The number of aryl methyl sites for hydroxylation is 1. The zero-order valence-corrected chi connectivity index (χ0v) is 8.76. The molecule has 2 N–H and O–H groups in total. The number of hydrogen-bond acceptors (Lipinski definition) is 2. The molecule has 0 aromatic heterocycles. The zero-order chi connectivity index (χ0) is 9.84. The Morgan fingerprint density at radius 1 is 1.62 bits per heavy atom. The molecule has 0 saturated carbocycles. The Labute approximate surface area is 84.9 Å². The Kier molecular flexibility index (Phi) is 3.31. The van der Waals surface area contributed by atoms with Crippen molar-refractivity contribution in [2.45, 2.75) is 6.92 Å². The summed E-state index contributed by atoms with van der Waals surface area (Å²) in [7, 11) is 0. The van der Waals surface area contributed by atoms with Crippen molar-refractivity contribution in [3.8, 4) is 0 Å². The molecule has 0 aliphatic rings. The van der Waals surface area contributed by atoms with Gasteiger partial charge in [0, 0.05) is 10.2 Å². The average Bonchev–Trinajstić information content (AvgIpc) is 2.06. The van der Waals surface area contributed by atoms with Crippen LogP contribution in [0.4, 0.5) is 5.69 Å². The van der Waals surface area contributed by atoms with Gasteiger partial charge in [-0.25, -0.2) is 0 Å². The van der Waals surface area contributed by atoms with Crippen LogP contribution in [0.25, 0.3) is 0 Å². The molecule has 0 amide bonds. The first kappa shape index (κ1) is 10.1. The van der Waals surface area contributed by atoms with Crippen molar-refractivity contribution < 1.29 is 9.90 Å². The van der Waals surface area contributed by atoms with E-state index in [0.717, 1.165) is 15.7 Å².